The van der Waals surface area contributed by atoms with E-state index in [-0.39, 0.29) is 42.0 Å². The minimum absolute atomic E-state index is 0. The fraction of sp³-hybridized carbons (Fsp3) is 0.500. The number of aromatic nitrogens is 2. The van der Waals surface area contributed by atoms with E-state index in [4.69, 9.17) is 9.47 Å². The van der Waals surface area contributed by atoms with Crippen molar-refractivity contribution < 1.29 is 18.3 Å². The van der Waals surface area contributed by atoms with Crippen molar-refractivity contribution in [3.8, 4) is 11.5 Å². The zero-order valence-electron chi connectivity index (χ0n) is 17.5. The third-order valence-electron chi connectivity index (χ3n) is 3.99. The van der Waals surface area contributed by atoms with Crippen LogP contribution in [0.1, 0.15) is 26.3 Å². The molecule has 0 saturated heterocycles. The molecule has 0 amide bonds. The predicted molar refractivity (Wildman–Crippen MR) is 124 cm³/mol. The minimum atomic E-state index is -2.94. The van der Waals surface area contributed by atoms with Gasteiger partial charge in [-0.2, -0.15) is 13.9 Å². The first-order valence-electron chi connectivity index (χ1n) is 9.72. The van der Waals surface area contributed by atoms with E-state index in [2.05, 4.69) is 27.6 Å². The number of para-hydroxylation sites is 1. The summed E-state index contributed by atoms with van der Waals surface area (Å²) in [6.07, 6.45) is 3.67. The van der Waals surface area contributed by atoms with Crippen LogP contribution >= 0.6 is 24.0 Å². The summed E-state index contributed by atoms with van der Waals surface area (Å²) in [5.74, 6) is 1.23. The maximum Gasteiger partial charge on any atom is 0.387 e. The summed E-state index contributed by atoms with van der Waals surface area (Å²) in [5, 5.41) is 10.7. The van der Waals surface area contributed by atoms with E-state index in [1.54, 1.807) is 31.3 Å². The molecule has 30 heavy (non-hydrogen) atoms. The Morgan fingerprint density at radius 2 is 2.03 bits per heavy atom. The van der Waals surface area contributed by atoms with Gasteiger partial charge >= 0.3 is 6.61 Å². The number of nitrogens with one attached hydrogen (secondary N) is 2. The van der Waals surface area contributed by atoms with E-state index in [0.29, 0.717) is 37.1 Å². The lowest BCUT2D eigenvalue weighted by Crippen LogP contribution is -2.40. The SMILES string of the molecule is CCNC(=NCc1cccc(OCC)c1OC(F)F)NCC(C)Cn1cccn1.I. The van der Waals surface area contributed by atoms with E-state index in [1.165, 1.54) is 0 Å². The minimum Gasteiger partial charge on any atom is -0.490 e. The number of hydrogen-bond donors (Lipinski definition) is 2. The van der Waals surface area contributed by atoms with Gasteiger partial charge in [0.15, 0.2) is 17.5 Å². The molecule has 1 atom stereocenters. The summed E-state index contributed by atoms with van der Waals surface area (Å²) in [7, 11) is 0. The van der Waals surface area contributed by atoms with Crippen molar-refractivity contribution in [2.24, 2.45) is 10.9 Å². The second-order valence-corrected chi connectivity index (χ2v) is 6.47. The molecular weight excluding hydrogens is 507 g/mol. The first-order valence-corrected chi connectivity index (χ1v) is 9.72. The maximum absolute atomic E-state index is 12.9. The number of rotatable bonds is 11. The molecular formula is C20H30F2IN5O2. The molecule has 1 unspecified atom stereocenters. The number of halogens is 3. The lowest BCUT2D eigenvalue weighted by molar-refractivity contribution is -0.0520. The number of alkyl halides is 2. The molecule has 1 heterocycles. The highest BCUT2D eigenvalue weighted by Crippen LogP contribution is 2.33. The molecule has 2 rings (SSSR count). The van der Waals surface area contributed by atoms with Gasteiger partial charge in [0.05, 0.1) is 13.2 Å². The van der Waals surface area contributed by atoms with Gasteiger partial charge in [-0.05, 0) is 31.9 Å². The van der Waals surface area contributed by atoms with Crippen molar-refractivity contribution in [1.82, 2.24) is 20.4 Å². The van der Waals surface area contributed by atoms with E-state index in [0.717, 1.165) is 6.54 Å². The summed E-state index contributed by atoms with van der Waals surface area (Å²) in [4.78, 5) is 4.51. The van der Waals surface area contributed by atoms with Crippen LogP contribution in [0, 0.1) is 5.92 Å². The number of ether oxygens (including phenoxy) is 2. The summed E-state index contributed by atoms with van der Waals surface area (Å²) >= 11 is 0. The molecule has 0 aliphatic carbocycles. The van der Waals surface area contributed by atoms with Crippen LogP contribution in [0.4, 0.5) is 8.78 Å². The van der Waals surface area contributed by atoms with Crippen molar-refractivity contribution in [3.05, 3.63) is 42.2 Å². The molecule has 0 fully saturated rings. The zero-order chi connectivity index (χ0) is 21.1. The molecule has 168 valence electrons. The van der Waals surface area contributed by atoms with Gasteiger partial charge in [-0.25, -0.2) is 4.99 Å². The largest absolute Gasteiger partial charge is 0.490 e. The number of guanidine groups is 1. The Hall–Kier alpha value is -2.11. The van der Waals surface area contributed by atoms with Gasteiger partial charge in [0.25, 0.3) is 0 Å². The van der Waals surface area contributed by atoms with Crippen LogP contribution < -0.4 is 20.1 Å². The molecule has 1 aromatic carbocycles. The Bertz CT molecular complexity index is 760. The highest BCUT2D eigenvalue weighted by molar-refractivity contribution is 14.0. The number of benzene rings is 1. The number of aliphatic imine (C=N–C) groups is 1. The summed E-state index contributed by atoms with van der Waals surface area (Å²) in [6, 6.07) is 6.93. The Labute approximate surface area is 193 Å². The van der Waals surface area contributed by atoms with Crippen molar-refractivity contribution >= 4 is 29.9 Å². The Morgan fingerprint density at radius 3 is 2.67 bits per heavy atom. The van der Waals surface area contributed by atoms with Crippen LogP contribution in [0.25, 0.3) is 0 Å². The normalized spacial score (nSPS) is 12.3. The van der Waals surface area contributed by atoms with Gasteiger partial charge in [0.1, 0.15) is 0 Å². The second kappa shape index (κ2) is 14.0. The molecule has 0 aliphatic heterocycles. The van der Waals surface area contributed by atoms with Crippen LogP contribution in [0.5, 0.6) is 11.5 Å². The molecule has 2 N–H and O–H groups in total. The molecule has 1 aromatic heterocycles. The lowest BCUT2D eigenvalue weighted by atomic mass is 10.2. The van der Waals surface area contributed by atoms with E-state index >= 15 is 0 Å². The third-order valence-corrected chi connectivity index (χ3v) is 3.99. The average Bonchev–Trinajstić information content (AvgIpc) is 3.18. The Balaban J connectivity index is 0.00000450. The quantitative estimate of drug-likeness (QED) is 0.259. The van der Waals surface area contributed by atoms with Gasteiger partial charge < -0.3 is 20.1 Å². The van der Waals surface area contributed by atoms with Crippen LogP contribution in [-0.4, -0.2) is 42.0 Å². The Kier molecular flexibility index (Phi) is 12.1. The molecule has 0 spiro atoms. The number of nitrogens with zero attached hydrogens (tertiary/aromatic N) is 3. The molecule has 2 aromatic rings. The highest BCUT2D eigenvalue weighted by atomic mass is 127. The van der Waals surface area contributed by atoms with Crippen molar-refractivity contribution in [3.63, 3.8) is 0 Å². The van der Waals surface area contributed by atoms with Crippen molar-refractivity contribution in [2.75, 3.05) is 19.7 Å². The zero-order valence-corrected chi connectivity index (χ0v) is 19.8. The second-order valence-electron chi connectivity index (χ2n) is 6.47. The first kappa shape index (κ1) is 25.9. The van der Waals surface area contributed by atoms with Crippen LogP contribution in [0.15, 0.2) is 41.7 Å². The predicted octanol–water partition coefficient (Wildman–Crippen LogP) is 3.89. The fourth-order valence-electron chi connectivity index (χ4n) is 2.75. The molecule has 0 radical (unpaired) electrons. The van der Waals surface area contributed by atoms with E-state index in [9.17, 15) is 8.78 Å². The van der Waals surface area contributed by atoms with E-state index < -0.39 is 6.61 Å². The molecule has 7 nitrogen and oxygen atoms in total. The molecule has 0 saturated carbocycles. The average molecular weight is 537 g/mol. The van der Waals surface area contributed by atoms with Crippen LogP contribution in [-0.2, 0) is 13.1 Å². The maximum atomic E-state index is 12.9. The van der Waals surface area contributed by atoms with Crippen molar-refractivity contribution in [2.45, 2.75) is 40.5 Å². The van der Waals surface area contributed by atoms with Gasteiger partial charge in [0, 0.05) is 37.6 Å². The smallest absolute Gasteiger partial charge is 0.387 e. The summed E-state index contributed by atoms with van der Waals surface area (Å²) < 4.78 is 37.7. The Morgan fingerprint density at radius 1 is 1.23 bits per heavy atom. The van der Waals surface area contributed by atoms with E-state index in [1.807, 2.05) is 23.9 Å². The summed E-state index contributed by atoms with van der Waals surface area (Å²) in [5.41, 5.74) is 0.526. The van der Waals surface area contributed by atoms with Gasteiger partial charge in [-0.1, -0.05) is 19.1 Å². The topological polar surface area (TPSA) is 72.7 Å². The first-order chi connectivity index (χ1) is 14.0. The van der Waals surface area contributed by atoms with Gasteiger partial charge in [-0.3, -0.25) is 4.68 Å². The van der Waals surface area contributed by atoms with Crippen LogP contribution in [0.2, 0.25) is 0 Å². The molecule has 10 heteroatoms. The third kappa shape index (κ3) is 8.72. The van der Waals surface area contributed by atoms with Gasteiger partial charge in [-0.15, -0.1) is 24.0 Å². The van der Waals surface area contributed by atoms with Crippen LogP contribution in [0.3, 0.4) is 0 Å². The van der Waals surface area contributed by atoms with Gasteiger partial charge in [0.2, 0.25) is 0 Å². The molecule has 0 bridgehead atoms. The monoisotopic (exact) mass is 537 g/mol. The lowest BCUT2D eigenvalue weighted by Gasteiger charge is -2.17. The number of hydrogen-bond acceptors (Lipinski definition) is 4. The standard InChI is InChI=1S/C20H29F2N5O2.HI/c1-4-23-20(24-12-15(3)14-27-11-7-10-26-27)25-13-16-8-6-9-17(28-5-2)18(16)29-19(21)22;/h6-11,15,19H,4-5,12-14H2,1-3H3,(H2,23,24,25);1H. The molecule has 0 aliphatic rings. The fourth-order valence-corrected chi connectivity index (χ4v) is 2.75. The summed E-state index contributed by atoms with van der Waals surface area (Å²) in [6.45, 7) is 5.59. The van der Waals surface area contributed by atoms with Crippen molar-refractivity contribution in [1.29, 1.82) is 0 Å². The highest BCUT2D eigenvalue weighted by Gasteiger charge is 2.15.